The molecule has 0 bridgehead atoms. The molecule has 0 amide bonds. The van der Waals surface area contributed by atoms with Crippen molar-refractivity contribution in [1.29, 1.82) is 0 Å². The highest BCUT2D eigenvalue weighted by molar-refractivity contribution is 7.89. The van der Waals surface area contributed by atoms with E-state index < -0.39 is 29.1 Å². The Balaban J connectivity index is 2.98. The molecule has 1 aromatic rings. The van der Waals surface area contributed by atoms with Gasteiger partial charge in [-0.1, -0.05) is 0 Å². The SMILES string of the molecule is Cc1cc(N)c(S(=O)(=O)NCC(O)C(F)F)cc1C. The number of nitrogens with two attached hydrogens (primary N) is 1. The molecule has 0 aliphatic heterocycles. The number of halogens is 2. The van der Waals surface area contributed by atoms with Crippen molar-refractivity contribution in [3.8, 4) is 0 Å². The fourth-order valence-electron chi connectivity index (χ4n) is 1.41. The van der Waals surface area contributed by atoms with Gasteiger partial charge in [0.1, 0.15) is 11.0 Å². The maximum absolute atomic E-state index is 12.1. The zero-order valence-corrected chi connectivity index (χ0v) is 11.3. The van der Waals surface area contributed by atoms with Gasteiger partial charge in [-0.15, -0.1) is 0 Å². The minimum atomic E-state index is -4.03. The van der Waals surface area contributed by atoms with Crippen LogP contribution in [0, 0.1) is 13.8 Å². The summed E-state index contributed by atoms with van der Waals surface area (Å²) >= 11 is 0. The number of aliphatic hydroxyl groups excluding tert-OH is 1. The van der Waals surface area contributed by atoms with Gasteiger partial charge in [-0.05, 0) is 37.1 Å². The van der Waals surface area contributed by atoms with E-state index in [9.17, 15) is 17.2 Å². The molecule has 0 saturated heterocycles. The summed E-state index contributed by atoms with van der Waals surface area (Å²) < 4.78 is 49.9. The van der Waals surface area contributed by atoms with E-state index in [4.69, 9.17) is 10.8 Å². The number of benzene rings is 1. The van der Waals surface area contributed by atoms with Crippen LogP contribution in [0.5, 0.6) is 0 Å². The van der Waals surface area contributed by atoms with Crippen LogP contribution in [0.2, 0.25) is 0 Å². The Morgan fingerprint density at radius 2 is 1.84 bits per heavy atom. The van der Waals surface area contributed by atoms with Crippen molar-refractivity contribution in [2.45, 2.75) is 31.3 Å². The van der Waals surface area contributed by atoms with Crippen LogP contribution in [0.3, 0.4) is 0 Å². The fourth-order valence-corrected chi connectivity index (χ4v) is 2.65. The Morgan fingerprint density at radius 1 is 1.32 bits per heavy atom. The van der Waals surface area contributed by atoms with Gasteiger partial charge in [0, 0.05) is 6.54 Å². The first-order valence-corrected chi connectivity index (χ1v) is 6.96. The number of hydrogen-bond donors (Lipinski definition) is 3. The molecule has 0 aromatic heterocycles. The van der Waals surface area contributed by atoms with Crippen LogP contribution in [-0.4, -0.2) is 32.6 Å². The van der Waals surface area contributed by atoms with Crippen molar-refractivity contribution in [2.24, 2.45) is 0 Å². The molecule has 0 spiro atoms. The smallest absolute Gasteiger partial charge is 0.265 e. The summed E-state index contributed by atoms with van der Waals surface area (Å²) in [4.78, 5) is -0.183. The number of aliphatic hydroxyl groups is 1. The second-order valence-corrected chi connectivity index (χ2v) is 5.96. The summed E-state index contributed by atoms with van der Waals surface area (Å²) in [6.07, 6.45) is -5.07. The number of sulfonamides is 1. The van der Waals surface area contributed by atoms with E-state index >= 15 is 0 Å². The monoisotopic (exact) mass is 294 g/mol. The lowest BCUT2D eigenvalue weighted by atomic mass is 10.1. The third-order valence-corrected chi connectivity index (χ3v) is 4.17. The Hall–Kier alpha value is -1.25. The van der Waals surface area contributed by atoms with Crippen molar-refractivity contribution in [3.63, 3.8) is 0 Å². The van der Waals surface area contributed by atoms with E-state index in [0.717, 1.165) is 5.56 Å². The molecule has 1 rings (SSSR count). The highest BCUT2D eigenvalue weighted by Crippen LogP contribution is 2.22. The van der Waals surface area contributed by atoms with Crippen LogP contribution in [-0.2, 0) is 10.0 Å². The first kappa shape index (κ1) is 15.8. The van der Waals surface area contributed by atoms with Crippen LogP contribution in [0.1, 0.15) is 11.1 Å². The minimum absolute atomic E-state index is 0.0298. The van der Waals surface area contributed by atoms with Gasteiger partial charge in [-0.25, -0.2) is 21.9 Å². The fraction of sp³-hybridized carbons (Fsp3) is 0.455. The molecule has 4 N–H and O–H groups in total. The van der Waals surface area contributed by atoms with Crippen LogP contribution < -0.4 is 10.5 Å². The normalized spacial score (nSPS) is 13.8. The van der Waals surface area contributed by atoms with Crippen molar-refractivity contribution >= 4 is 15.7 Å². The first-order valence-electron chi connectivity index (χ1n) is 5.47. The molecular weight excluding hydrogens is 278 g/mol. The van der Waals surface area contributed by atoms with E-state index in [-0.39, 0.29) is 10.6 Å². The summed E-state index contributed by atoms with van der Waals surface area (Å²) in [5, 5.41) is 8.90. The molecule has 0 aliphatic rings. The molecule has 19 heavy (non-hydrogen) atoms. The van der Waals surface area contributed by atoms with Gasteiger partial charge in [-0.2, -0.15) is 0 Å². The second-order valence-electron chi connectivity index (χ2n) is 4.23. The first-order chi connectivity index (χ1) is 8.65. The minimum Gasteiger partial charge on any atom is -0.398 e. The van der Waals surface area contributed by atoms with Crippen LogP contribution in [0.25, 0.3) is 0 Å². The van der Waals surface area contributed by atoms with E-state index in [0.29, 0.717) is 5.56 Å². The predicted molar refractivity (Wildman–Crippen MR) is 67.5 cm³/mol. The van der Waals surface area contributed by atoms with Crippen LogP contribution >= 0.6 is 0 Å². The number of hydrogen-bond acceptors (Lipinski definition) is 4. The molecule has 0 fully saturated rings. The van der Waals surface area contributed by atoms with E-state index in [2.05, 4.69) is 0 Å². The highest BCUT2D eigenvalue weighted by Gasteiger charge is 2.23. The number of nitrogens with one attached hydrogen (secondary N) is 1. The van der Waals surface area contributed by atoms with E-state index in [1.54, 1.807) is 13.8 Å². The summed E-state index contributed by atoms with van der Waals surface area (Å²) in [6, 6.07) is 2.86. The Labute approximate surface area is 110 Å². The van der Waals surface area contributed by atoms with E-state index in [1.807, 2.05) is 4.72 Å². The van der Waals surface area contributed by atoms with Gasteiger partial charge >= 0.3 is 0 Å². The zero-order chi connectivity index (χ0) is 14.8. The van der Waals surface area contributed by atoms with Crippen molar-refractivity contribution < 1.29 is 22.3 Å². The largest absolute Gasteiger partial charge is 0.398 e. The van der Waals surface area contributed by atoms with Gasteiger partial charge < -0.3 is 10.8 Å². The average Bonchev–Trinajstić information content (AvgIpc) is 2.30. The lowest BCUT2D eigenvalue weighted by Crippen LogP contribution is -2.36. The molecule has 0 aliphatic carbocycles. The zero-order valence-electron chi connectivity index (χ0n) is 10.5. The molecule has 5 nitrogen and oxygen atoms in total. The van der Waals surface area contributed by atoms with Gasteiger partial charge in [0.2, 0.25) is 10.0 Å². The van der Waals surface area contributed by atoms with Crippen LogP contribution in [0.15, 0.2) is 17.0 Å². The number of alkyl halides is 2. The lowest BCUT2D eigenvalue weighted by Gasteiger charge is -2.13. The molecule has 1 atom stereocenters. The highest BCUT2D eigenvalue weighted by atomic mass is 32.2. The predicted octanol–water partition coefficient (Wildman–Crippen LogP) is 0.790. The quantitative estimate of drug-likeness (QED) is 0.700. The molecule has 0 heterocycles. The number of nitrogen functional groups attached to an aromatic ring is 1. The number of anilines is 1. The molecule has 1 unspecified atom stereocenters. The van der Waals surface area contributed by atoms with Crippen molar-refractivity contribution in [3.05, 3.63) is 23.3 Å². The second kappa shape index (κ2) is 5.81. The molecule has 8 heteroatoms. The third-order valence-electron chi connectivity index (χ3n) is 2.69. The van der Waals surface area contributed by atoms with E-state index in [1.165, 1.54) is 12.1 Å². The summed E-state index contributed by atoms with van der Waals surface area (Å²) in [5.41, 5.74) is 7.18. The molecule has 0 radical (unpaired) electrons. The maximum Gasteiger partial charge on any atom is 0.265 e. The Bertz CT molecular complexity index is 561. The number of rotatable bonds is 5. The summed E-state index contributed by atoms with van der Waals surface area (Å²) in [5.74, 6) is 0. The van der Waals surface area contributed by atoms with Crippen molar-refractivity contribution in [2.75, 3.05) is 12.3 Å². The van der Waals surface area contributed by atoms with Gasteiger partial charge in [-0.3, -0.25) is 0 Å². The Morgan fingerprint density at radius 3 is 2.37 bits per heavy atom. The number of aryl methyl sites for hydroxylation is 2. The van der Waals surface area contributed by atoms with Crippen LogP contribution in [0.4, 0.5) is 14.5 Å². The molecule has 0 saturated carbocycles. The van der Waals surface area contributed by atoms with Gasteiger partial charge in [0.25, 0.3) is 6.43 Å². The molecule has 1 aromatic carbocycles. The lowest BCUT2D eigenvalue weighted by molar-refractivity contribution is -0.000450. The maximum atomic E-state index is 12.1. The van der Waals surface area contributed by atoms with Crippen molar-refractivity contribution in [1.82, 2.24) is 4.72 Å². The van der Waals surface area contributed by atoms with Gasteiger partial charge in [0.15, 0.2) is 0 Å². The summed E-state index contributed by atoms with van der Waals surface area (Å²) in [6.45, 7) is 2.71. The molecule has 108 valence electrons. The standard InChI is InChI=1S/C11H16F2N2O3S/c1-6-3-8(14)10(4-7(6)2)19(17,18)15-5-9(16)11(12)13/h3-4,9,11,15-16H,5,14H2,1-2H3. The van der Waals surface area contributed by atoms with Gasteiger partial charge in [0.05, 0.1) is 5.69 Å². The Kier molecular flexibility index (Phi) is 4.83. The summed E-state index contributed by atoms with van der Waals surface area (Å²) in [7, 11) is -4.03. The average molecular weight is 294 g/mol. The molecular formula is C11H16F2N2O3S. The third kappa shape index (κ3) is 3.85. The topological polar surface area (TPSA) is 92.4 Å².